The Bertz CT molecular complexity index is 1110. The van der Waals surface area contributed by atoms with Crippen molar-refractivity contribution in [1.29, 1.82) is 0 Å². The second kappa shape index (κ2) is 8.74. The molecule has 0 atom stereocenters. The fourth-order valence-electron chi connectivity index (χ4n) is 3.19. The highest BCUT2D eigenvalue weighted by molar-refractivity contribution is 14.1. The van der Waals surface area contributed by atoms with Gasteiger partial charge in [0.25, 0.3) is 0 Å². The predicted octanol–water partition coefficient (Wildman–Crippen LogP) is 6.64. The highest BCUT2D eigenvalue weighted by atomic mass is 127. The fraction of sp³-hybridized carbons (Fsp3) is 0.0870. The number of nitrogens with one attached hydrogen (secondary N) is 1. The molecule has 3 aromatic carbocycles. The Morgan fingerprint density at radius 2 is 1.48 bits per heavy atom. The van der Waals surface area contributed by atoms with Gasteiger partial charge in [-0.1, -0.05) is 24.3 Å². The van der Waals surface area contributed by atoms with Gasteiger partial charge in [-0.15, -0.1) is 0 Å². The number of hydrogen-bond acceptors (Lipinski definition) is 3. The Labute approximate surface area is 197 Å². The van der Waals surface area contributed by atoms with Crippen molar-refractivity contribution in [3.8, 4) is 45.4 Å². The highest BCUT2D eigenvalue weighted by Gasteiger charge is 2.18. The molecule has 0 aliphatic carbocycles. The number of halogens is 2. The molecule has 4 nitrogen and oxygen atoms in total. The summed E-state index contributed by atoms with van der Waals surface area (Å²) in [5.74, 6) is 2.21. The number of aromatic amines is 1. The summed E-state index contributed by atoms with van der Waals surface area (Å²) in [5.41, 5.74) is 4.95. The summed E-state index contributed by atoms with van der Waals surface area (Å²) in [6.45, 7) is 0. The predicted molar refractivity (Wildman–Crippen MR) is 133 cm³/mol. The van der Waals surface area contributed by atoms with Crippen LogP contribution in [0, 0.1) is 7.14 Å². The van der Waals surface area contributed by atoms with Crippen molar-refractivity contribution in [3.05, 3.63) is 73.9 Å². The zero-order valence-corrected chi connectivity index (χ0v) is 20.2. The summed E-state index contributed by atoms with van der Waals surface area (Å²) in [4.78, 5) is 8.51. The van der Waals surface area contributed by atoms with E-state index in [0.717, 1.165) is 39.7 Å². The van der Waals surface area contributed by atoms with Crippen LogP contribution in [0.15, 0.2) is 66.7 Å². The molecule has 146 valence electrons. The van der Waals surface area contributed by atoms with Crippen LogP contribution < -0.4 is 9.47 Å². The third-order valence-electron chi connectivity index (χ3n) is 4.58. The third kappa shape index (κ3) is 4.28. The lowest BCUT2D eigenvalue weighted by Crippen LogP contribution is -1.91. The lowest BCUT2D eigenvalue weighted by Gasteiger charge is -2.08. The fourth-order valence-corrected chi connectivity index (χ4v) is 4.28. The van der Waals surface area contributed by atoms with Crippen molar-refractivity contribution in [2.75, 3.05) is 14.2 Å². The van der Waals surface area contributed by atoms with Crippen molar-refractivity contribution in [1.82, 2.24) is 9.97 Å². The van der Waals surface area contributed by atoms with E-state index >= 15 is 0 Å². The Balaban J connectivity index is 1.93. The topological polar surface area (TPSA) is 47.1 Å². The second-order valence-electron chi connectivity index (χ2n) is 6.40. The average molecular weight is 608 g/mol. The molecule has 6 heteroatoms. The number of nitrogens with zero attached hydrogens (tertiary/aromatic N) is 1. The lowest BCUT2D eigenvalue weighted by atomic mass is 10.1. The van der Waals surface area contributed by atoms with Crippen LogP contribution in [0.1, 0.15) is 0 Å². The molecule has 0 saturated carbocycles. The lowest BCUT2D eigenvalue weighted by molar-refractivity contribution is 0.395. The number of benzene rings is 3. The highest BCUT2D eigenvalue weighted by Crippen LogP contribution is 2.37. The number of H-pyrrole nitrogens is 1. The molecule has 29 heavy (non-hydrogen) atoms. The summed E-state index contributed by atoms with van der Waals surface area (Å²) in [7, 11) is 3.30. The van der Waals surface area contributed by atoms with Crippen LogP contribution in [0.4, 0.5) is 0 Å². The van der Waals surface area contributed by atoms with Gasteiger partial charge in [0, 0.05) is 24.3 Å². The molecule has 0 unspecified atom stereocenters. The number of hydrogen-bond donors (Lipinski definition) is 1. The van der Waals surface area contributed by atoms with Crippen LogP contribution in [0.3, 0.4) is 0 Å². The quantitative estimate of drug-likeness (QED) is 0.259. The Morgan fingerprint density at radius 3 is 2.14 bits per heavy atom. The molecule has 0 aliphatic heterocycles. The van der Waals surface area contributed by atoms with Crippen molar-refractivity contribution < 1.29 is 9.47 Å². The van der Waals surface area contributed by atoms with E-state index < -0.39 is 0 Å². The van der Waals surface area contributed by atoms with Gasteiger partial charge in [0.05, 0.1) is 31.2 Å². The van der Waals surface area contributed by atoms with E-state index in [-0.39, 0.29) is 0 Å². The number of ether oxygens (including phenoxy) is 2. The van der Waals surface area contributed by atoms with Crippen molar-refractivity contribution in [2.24, 2.45) is 0 Å². The van der Waals surface area contributed by atoms with Gasteiger partial charge in [0.1, 0.15) is 17.3 Å². The normalized spacial score (nSPS) is 10.8. The summed E-state index contributed by atoms with van der Waals surface area (Å²) >= 11 is 4.66. The monoisotopic (exact) mass is 608 g/mol. The Morgan fingerprint density at radius 1 is 0.793 bits per heavy atom. The zero-order chi connectivity index (χ0) is 20.4. The van der Waals surface area contributed by atoms with E-state index in [2.05, 4.69) is 98.7 Å². The van der Waals surface area contributed by atoms with Gasteiger partial charge in [-0.2, -0.15) is 0 Å². The average Bonchev–Trinajstić information content (AvgIpc) is 3.18. The van der Waals surface area contributed by atoms with E-state index in [1.54, 1.807) is 14.2 Å². The third-order valence-corrected chi connectivity index (χ3v) is 5.92. The largest absolute Gasteiger partial charge is 0.497 e. The van der Waals surface area contributed by atoms with Crippen molar-refractivity contribution >= 4 is 45.2 Å². The number of imidazole rings is 1. The molecule has 4 aromatic rings. The molecule has 0 aliphatic rings. The molecular formula is C23H18I2N2O2. The summed E-state index contributed by atoms with van der Waals surface area (Å²) in [5, 5.41) is 0. The van der Waals surface area contributed by atoms with Crippen LogP contribution >= 0.6 is 45.2 Å². The summed E-state index contributed by atoms with van der Waals surface area (Å²) in [6, 6.07) is 22.5. The van der Waals surface area contributed by atoms with Crippen LogP contribution in [-0.2, 0) is 0 Å². The van der Waals surface area contributed by atoms with E-state index in [1.807, 2.05) is 18.2 Å². The standard InChI is InChI=1S/C23H18I2N2O2/c1-28-18-9-10-19(20(13-18)29-2)23-26-21(14-5-3-7-16(24)11-14)22(27-23)15-6-4-8-17(25)12-15/h3-13H,1-2H3,(H,26,27). The zero-order valence-electron chi connectivity index (χ0n) is 15.9. The molecule has 0 bridgehead atoms. The molecule has 4 rings (SSSR count). The molecule has 0 fully saturated rings. The maximum atomic E-state index is 5.60. The van der Waals surface area contributed by atoms with Crippen LogP contribution in [0.2, 0.25) is 0 Å². The molecule has 0 spiro atoms. The molecule has 1 aromatic heterocycles. The van der Waals surface area contributed by atoms with Gasteiger partial charge in [-0.3, -0.25) is 0 Å². The molecular weight excluding hydrogens is 590 g/mol. The first-order chi connectivity index (χ1) is 14.1. The first-order valence-corrected chi connectivity index (χ1v) is 11.1. The molecule has 1 N–H and O–H groups in total. The number of rotatable bonds is 5. The van der Waals surface area contributed by atoms with Crippen LogP contribution in [0.25, 0.3) is 33.9 Å². The molecule has 0 radical (unpaired) electrons. The minimum absolute atomic E-state index is 0.710. The van der Waals surface area contributed by atoms with Gasteiger partial charge in [0.15, 0.2) is 0 Å². The first kappa shape index (κ1) is 20.2. The second-order valence-corrected chi connectivity index (χ2v) is 8.89. The minimum atomic E-state index is 0.710. The number of aromatic nitrogens is 2. The van der Waals surface area contributed by atoms with E-state index in [0.29, 0.717) is 5.75 Å². The Kier molecular flexibility index (Phi) is 6.09. The first-order valence-electron chi connectivity index (χ1n) is 8.93. The Hall–Kier alpha value is -2.07. The van der Waals surface area contributed by atoms with Gasteiger partial charge in [0.2, 0.25) is 0 Å². The van der Waals surface area contributed by atoms with Gasteiger partial charge >= 0.3 is 0 Å². The number of methoxy groups -OCH3 is 2. The van der Waals surface area contributed by atoms with Crippen LogP contribution in [0.5, 0.6) is 11.5 Å². The van der Waals surface area contributed by atoms with Crippen molar-refractivity contribution in [3.63, 3.8) is 0 Å². The molecule has 0 saturated heterocycles. The van der Waals surface area contributed by atoms with E-state index in [4.69, 9.17) is 14.5 Å². The summed E-state index contributed by atoms with van der Waals surface area (Å²) in [6.07, 6.45) is 0. The van der Waals surface area contributed by atoms with E-state index in [9.17, 15) is 0 Å². The SMILES string of the molecule is COc1ccc(-c2nc(-c3cccc(I)c3)c(-c3cccc(I)c3)[nH]2)c(OC)c1. The smallest absolute Gasteiger partial charge is 0.142 e. The van der Waals surface area contributed by atoms with Gasteiger partial charge in [-0.05, 0) is 81.6 Å². The van der Waals surface area contributed by atoms with Gasteiger partial charge in [-0.25, -0.2) is 4.98 Å². The minimum Gasteiger partial charge on any atom is -0.497 e. The summed E-state index contributed by atoms with van der Waals surface area (Å²) < 4.78 is 13.3. The molecule has 0 amide bonds. The van der Waals surface area contributed by atoms with E-state index in [1.165, 1.54) is 7.14 Å². The maximum Gasteiger partial charge on any atom is 0.142 e. The molecule has 1 heterocycles. The maximum absolute atomic E-state index is 5.60. The van der Waals surface area contributed by atoms with Crippen molar-refractivity contribution in [2.45, 2.75) is 0 Å². The van der Waals surface area contributed by atoms with Crippen LogP contribution in [-0.4, -0.2) is 24.2 Å². The van der Waals surface area contributed by atoms with Gasteiger partial charge < -0.3 is 14.5 Å².